The van der Waals surface area contributed by atoms with Crippen molar-refractivity contribution in [2.45, 2.75) is 38.8 Å². The molecule has 3 aliphatic rings. The SMILES string of the molecule is COC1=C(C(=O)CC(C)C)C=C2OC=C3C(OS(=O)(=O)C(F)(F)F)=CC(C)=CC3OC=C2C1=O. The number of fused-ring (bicyclic) bond motifs is 2. The van der Waals surface area contributed by atoms with Crippen molar-refractivity contribution >= 4 is 21.7 Å². The molecule has 1 aliphatic heterocycles. The van der Waals surface area contributed by atoms with Crippen molar-refractivity contribution in [2.24, 2.45) is 5.92 Å². The molecule has 0 radical (unpaired) electrons. The third-order valence-electron chi connectivity index (χ3n) is 4.83. The molecule has 1 heterocycles. The second-order valence-corrected chi connectivity index (χ2v) is 9.53. The number of ether oxygens (including phenoxy) is 3. The molecule has 1 unspecified atom stereocenters. The van der Waals surface area contributed by atoms with E-state index in [0.717, 1.165) is 18.6 Å². The van der Waals surface area contributed by atoms with Gasteiger partial charge in [-0.25, -0.2) is 0 Å². The van der Waals surface area contributed by atoms with Crippen molar-refractivity contribution in [3.05, 3.63) is 70.3 Å². The molecule has 0 aromatic carbocycles. The van der Waals surface area contributed by atoms with Crippen LogP contribution in [0.5, 0.6) is 0 Å². The van der Waals surface area contributed by atoms with Crippen LogP contribution in [-0.2, 0) is 38.1 Å². The molecule has 0 spiro atoms. The van der Waals surface area contributed by atoms with Gasteiger partial charge < -0.3 is 18.4 Å². The van der Waals surface area contributed by atoms with Crippen LogP contribution in [0, 0.1) is 5.92 Å². The highest BCUT2D eigenvalue weighted by Gasteiger charge is 2.49. The van der Waals surface area contributed by atoms with Crippen molar-refractivity contribution in [3.8, 4) is 0 Å². The van der Waals surface area contributed by atoms with Crippen LogP contribution in [0.25, 0.3) is 0 Å². The first-order chi connectivity index (χ1) is 15.7. The van der Waals surface area contributed by atoms with Gasteiger partial charge in [-0.05, 0) is 36.6 Å². The van der Waals surface area contributed by atoms with E-state index in [1.807, 2.05) is 13.8 Å². The van der Waals surface area contributed by atoms with E-state index in [1.54, 1.807) is 0 Å². The van der Waals surface area contributed by atoms with Gasteiger partial charge in [-0.15, -0.1) is 0 Å². The standard InChI is InChI=1S/C22H21F3O8S/c1-11(2)5-16(26)13-8-18-15(20(27)21(13)30-4)10-32-17-6-12(3)7-19(14(17)9-31-18)33-34(28,29)22(23,24)25/h6-11,17H,5H2,1-4H3. The molecule has 0 saturated heterocycles. The van der Waals surface area contributed by atoms with E-state index in [4.69, 9.17) is 14.2 Å². The Labute approximate surface area is 193 Å². The van der Waals surface area contributed by atoms with E-state index in [1.165, 1.54) is 26.2 Å². The lowest BCUT2D eigenvalue weighted by Gasteiger charge is -2.27. The lowest BCUT2D eigenvalue weighted by Crippen LogP contribution is -2.29. The highest BCUT2D eigenvalue weighted by Crippen LogP contribution is 2.37. The number of carbonyl (C=O) groups excluding carboxylic acids is 2. The molecular formula is C22H21F3O8S. The van der Waals surface area contributed by atoms with Gasteiger partial charge in [0, 0.05) is 6.42 Å². The predicted octanol–water partition coefficient (Wildman–Crippen LogP) is 3.86. The summed E-state index contributed by atoms with van der Waals surface area (Å²) < 4.78 is 82.3. The smallest absolute Gasteiger partial charge is 0.492 e. The molecule has 0 bridgehead atoms. The molecule has 34 heavy (non-hydrogen) atoms. The zero-order valence-corrected chi connectivity index (χ0v) is 19.4. The van der Waals surface area contributed by atoms with Crippen LogP contribution in [-0.4, -0.2) is 38.7 Å². The van der Waals surface area contributed by atoms with Gasteiger partial charge in [0.05, 0.1) is 24.5 Å². The summed E-state index contributed by atoms with van der Waals surface area (Å²) in [6.07, 6.45) is 4.73. The fourth-order valence-corrected chi connectivity index (χ4v) is 3.76. The first-order valence-corrected chi connectivity index (χ1v) is 11.4. The largest absolute Gasteiger partial charge is 0.534 e. The van der Waals surface area contributed by atoms with Crippen LogP contribution in [0.15, 0.2) is 70.3 Å². The molecule has 8 nitrogen and oxygen atoms in total. The summed E-state index contributed by atoms with van der Waals surface area (Å²) in [6.45, 7) is 5.13. The van der Waals surface area contributed by atoms with Crippen molar-refractivity contribution in [1.82, 2.24) is 0 Å². The molecule has 0 saturated carbocycles. The number of hydrogen-bond donors (Lipinski definition) is 0. The van der Waals surface area contributed by atoms with Gasteiger partial charge >= 0.3 is 15.6 Å². The van der Waals surface area contributed by atoms with Crippen molar-refractivity contribution in [2.75, 3.05) is 7.11 Å². The first kappa shape index (κ1) is 25.3. The number of ketones is 2. The van der Waals surface area contributed by atoms with Gasteiger partial charge in [-0.1, -0.05) is 13.8 Å². The van der Waals surface area contributed by atoms with Crippen molar-refractivity contribution in [3.63, 3.8) is 0 Å². The maximum Gasteiger partial charge on any atom is 0.534 e. The summed E-state index contributed by atoms with van der Waals surface area (Å²) in [5.74, 6) is -2.06. The number of methoxy groups -OCH3 is 1. The van der Waals surface area contributed by atoms with Crippen LogP contribution in [0.4, 0.5) is 13.2 Å². The second kappa shape index (κ2) is 9.16. The summed E-state index contributed by atoms with van der Waals surface area (Å²) >= 11 is 0. The van der Waals surface area contributed by atoms with Crippen LogP contribution in [0.2, 0.25) is 0 Å². The topological polar surface area (TPSA) is 105 Å². The number of allylic oxidation sites excluding steroid dienone is 6. The summed E-state index contributed by atoms with van der Waals surface area (Å²) in [6, 6.07) is 0. The van der Waals surface area contributed by atoms with Crippen molar-refractivity contribution in [1.29, 1.82) is 0 Å². The number of rotatable bonds is 6. The van der Waals surface area contributed by atoms with E-state index in [9.17, 15) is 31.2 Å². The van der Waals surface area contributed by atoms with E-state index >= 15 is 0 Å². The monoisotopic (exact) mass is 502 g/mol. The molecule has 3 rings (SSSR count). The molecule has 0 aromatic rings. The molecule has 0 fully saturated rings. The maximum atomic E-state index is 13.0. The lowest BCUT2D eigenvalue weighted by molar-refractivity contribution is -0.119. The zero-order chi connectivity index (χ0) is 25.4. The Morgan fingerprint density at radius 2 is 1.88 bits per heavy atom. The summed E-state index contributed by atoms with van der Waals surface area (Å²) in [7, 11) is -4.73. The Morgan fingerprint density at radius 3 is 2.47 bits per heavy atom. The second-order valence-electron chi connectivity index (χ2n) is 7.99. The highest BCUT2D eigenvalue weighted by molar-refractivity contribution is 7.87. The quantitative estimate of drug-likeness (QED) is 0.398. The Kier molecular flexibility index (Phi) is 6.83. The third-order valence-corrected chi connectivity index (χ3v) is 5.79. The van der Waals surface area contributed by atoms with E-state index < -0.39 is 33.3 Å². The molecule has 2 aliphatic carbocycles. The number of hydrogen-bond acceptors (Lipinski definition) is 8. The fourth-order valence-electron chi connectivity index (χ4n) is 3.28. The Bertz CT molecular complexity index is 1210. The molecule has 184 valence electrons. The van der Waals surface area contributed by atoms with Crippen molar-refractivity contribution < 1.29 is 49.6 Å². The predicted molar refractivity (Wildman–Crippen MR) is 112 cm³/mol. The van der Waals surface area contributed by atoms with Crippen LogP contribution >= 0.6 is 0 Å². The maximum absolute atomic E-state index is 13.0. The Balaban J connectivity index is 2.03. The summed E-state index contributed by atoms with van der Waals surface area (Å²) in [5.41, 5.74) is -5.62. The van der Waals surface area contributed by atoms with Gasteiger partial charge in [0.2, 0.25) is 5.78 Å². The summed E-state index contributed by atoms with van der Waals surface area (Å²) in [5, 5.41) is 0. The van der Waals surface area contributed by atoms with Crippen LogP contribution in [0.1, 0.15) is 27.2 Å². The van der Waals surface area contributed by atoms with Gasteiger partial charge in [0.1, 0.15) is 23.7 Å². The first-order valence-electron chi connectivity index (χ1n) is 9.97. The number of Topliss-reactive ketones (excluding diaryl/α,β-unsaturated/α-hetero) is 2. The van der Waals surface area contributed by atoms with E-state index in [-0.39, 0.29) is 46.4 Å². The Hall–Kier alpha value is -3.28. The molecular weight excluding hydrogens is 481 g/mol. The number of halogens is 3. The van der Waals surface area contributed by atoms with E-state index in [2.05, 4.69) is 4.18 Å². The Morgan fingerprint density at radius 1 is 1.21 bits per heavy atom. The van der Waals surface area contributed by atoms with Gasteiger partial charge in [0.25, 0.3) is 0 Å². The third kappa shape index (κ3) is 4.96. The fraction of sp³-hybridized carbons (Fsp3) is 0.364. The molecule has 1 atom stereocenters. The highest BCUT2D eigenvalue weighted by atomic mass is 32.2. The van der Waals surface area contributed by atoms with Crippen LogP contribution in [0.3, 0.4) is 0 Å². The van der Waals surface area contributed by atoms with Gasteiger partial charge in [-0.2, -0.15) is 21.6 Å². The molecule has 0 amide bonds. The van der Waals surface area contributed by atoms with Crippen LogP contribution < -0.4 is 0 Å². The lowest BCUT2D eigenvalue weighted by atomic mass is 9.91. The minimum atomic E-state index is -5.97. The normalized spacial score (nSPS) is 20.8. The average Bonchev–Trinajstić information content (AvgIpc) is 2.68. The molecule has 0 N–H and O–H groups in total. The minimum Gasteiger partial charge on any atom is -0.492 e. The average molecular weight is 502 g/mol. The van der Waals surface area contributed by atoms with E-state index in [0.29, 0.717) is 5.57 Å². The zero-order valence-electron chi connectivity index (χ0n) is 18.6. The van der Waals surface area contributed by atoms with Gasteiger partial charge in [0.15, 0.2) is 17.3 Å². The van der Waals surface area contributed by atoms with Gasteiger partial charge in [-0.3, -0.25) is 9.59 Å². The summed E-state index contributed by atoms with van der Waals surface area (Å²) in [4.78, 5) is 25.6. The molecule has 0 aromatic heterocycles. The number of carbonyl (C=O) groups is 2. The minimum absolute atomic E-state index is 0.00861. The molecule has 12 heteroatoms. The number of alkyl halides is 3.